The van der Waals surface area contributed by atoms with E-state index in [0.29, 0.717) is 5.92 Å². The molecule has 0 bridgehead atoms. The van der Waals surface area contributed by atoms with Crippen molar-refractivity contribution in [2.45, 2.75) is 33.1 Å². The van der Waals surface area contributed by atoms with Gasteiger partial charge in [0.05, 0.1) is 0 Å². The smallest absolute Gasteiger partial charge is 0.0462 e. The Morgan fingerprint density at radius 1 is 0.923 bits per heavy atom. The molecule has 1 aliphatic rings. The first-order valence-electron chi connectivity index (χ1n) is 9.42. The van der Waals surface area contributed by atoms with Gasteiger partial charge in [-0.1, -0.05) is 55.0 Å². The lowest BCUT2D eigenvalue weighted by atomic mass is 9.89. The summed E-state index contributed by atoms with van der Waals surface area (Å²) in [5.74, 6) is 0.431. The fourth-order valence-corrected chi connectivity index (χ4v) is 4.73. The molecule has 1 aliphatic carbocycles. The van der Waals surface area contributed by atoms with Crippen LogP contribution in [0.4, 0.5) is 0 Å². The number of hydrogen-bond acceptors (Lipinski definition) is 0. The van der Waals surface area contributed by atoms with Gasteiger partial charge in [-0.05, 0) is 71.0 Å². The molecule has 0 unspecified atom stereocenters. The highest BCUT2D eigenvalue weighted by molar-refractivity contribution is 6.04. The number of aromatic amines is 1. The van der Waals surface area contributed by atoms with Gasteiger partial charge in [0.25, 0.3) is 0 Å². The minimum Gasteiger partial charge on any atom is -0.361 e. The molecule has 26 heavy (non-hydrogen) atoms. The van der Waals surface area contributed by atoms with Gasteiger partial charge >= 0.3 is 0 Å². The predicted molar refractivity (Wildman–Crippen MR) is 112 cm³/mol. The normalized spacial score (nSPS) is 14.7. The molecule has 0 saturated carbocycles. The lowest BCUT2D eigenvalue weighted by molar-refractivity contribution is 0.873. The average Bonchev–Trinajstić information content (AvgIpc) is 3.22. The second-order valence-corrected chi connectivity index (χ2v) is 7.65. The first-order valence-corrected chi connectivity index (χ1v) is 9.42. The van der Waals surface area contributed by atoms with Crippen molar-refractivity contribution in [2.75, 3.05) is 0 Å². The van der Waals surface area contributed by atoms with Gasteiger partial charge in [0.15, 0.2) is 0 Å². The summed E-state index contributed by atoms with van der Waals surface area (Å²) in [4.78, 5) is 3.43. The van der Waals surface area contributed by atoms with Gasteiger partial charge in [-0.15, -0.1) is 0 Å². The molecule has 0 amide bonds. The largest absolute Gasteiger partial charge is 0.361 e. The molecule has 0 saturated heterocycles. The van der Waals surface area contributed by atoms with Crippen molar-refractivity contribution in [2.24, 2.45) is 0 Å². The summed E-state index contributed by atoms with van der Waals surface area (Å²) in [5, 5.41) is 4.11. The van der Waals surface area contributed by atoms with Crippen LogP contribution < -0.4 is 0 Å². The molecule has 1 heterocycles. The number of hydrogen-bond donors (Lipinski definition) is 1. The Morgan fingerprint density at radius 2 is 1.77 bits per heavy atom. The summed E-state index contributed by atoms with van der Waals surface area (Å²) >= 11 is 0. The number of rotatable bonds is 2. The zero-order valence-corrected chi connectivity index (χ0v) is 15.6. The van der Waals surface area contributed by atoms with Gasteiger partial charge < -0.3 is 4.98 Å². The van der Waals surface area contributed by atoms with Crippen LogP contribution in [0.2, 0.25) is 0 Å². The summed E-state index contributed by atoms with van der Waals surface area (Å²) in [5.41, 5.74) is 9.86. The molecule has 1 N–H and O–H groups in total. The molecule has 1 aromatic heterocycles. The number of allylic oxidation sites excluding steroid dienone is 1. The van der Waals surface area contributed by atoms with E-state index in [4.69, 9.17) is 0 Å². The van der Waals surface area contributed by atoms with E-state index in [9.17, 15) is 0 Å². The van der Waals surface area contributed by atoms with Gasteiger partial charge in [0.2, 0.25) is 0 Å². The van der Waals surface area contributed by atoms with E-state index in [0.717, 1.165) is 6.42 Å². The van der Waals surface area contributed by atoms with Crippen molar-refractivity contribution < 1.29 is 0 Å². The SMILES string of the molecule is Cc1cc2c(C)c3ccc[nH]c3cc2c1[C@H](C)C1=Cc2ccccc2C1. The molecule has 1 nitrogen and oxygen atoms in total. The Kier molecular flexibility index (Phi) is 3.33. The van der Waals surface area contributed by atoms with Crippen LogP contribution in [-0.2, 0) is 6.42 Å². The predicted octanol–water partition coefficient (Wildman–Crippen LogP) is 6.68. The summed E-state index contributed by atoms with van der Waals surface area (Å²) in [6, 6.07) is 17.8. The van der Waals surface area contributed by atoms with E-state index < -0.39 is 0 Å². The minimum absolute atomic E-state index is 0.431. The fraction of sp³-hybridized carbons (Fsp3) is 0.200. The lowest BCUT2D eigenvalue weighted by Crippen LogP contribution is -1.99. The molecule has 0 aliphatic heterocycles. The first-order chi connectivity index (χ1) is 12.6. The highest BCUT2D eigenvalue weighted by atomic mass is 14.6. The zero-order valence-electron chi connectivity index (χ0n) is 15.6. The topological polar surface area (TPSA) is 15.8 Å². The number of aromatic nitrogens is 1. The lowest BCUT2D eigenvalue weighted by Gasteiger charge is -2.16. The number of benzene rings is 2. The van der Waals surface area contributed by atoms with Crippen LogP contribution in [0.3, 0.4) is 0 Å². The molecule has 3 aromatic carbocycles. The van der Waals surface area contributed by atoms with E-state index in [1.165, 1.54) is 55.1 Å². The van der Waals surface area contributed by atoms with E-state index >= 15 is 0 Å². The summed E-state index contributed by atoms with van der Waals surface area (Å²) < 4.78 is 0. The maximum atomic E-state index is 3.43. The van der Waals surface area contributed by atoms with Crippen LogP contribution in [0, 0.1) is 13.8 Å². The quantitative estimate of drug-likeness (QED) is 0.420. The van der Waals surface area contributed by atoms with Gasteiger partial charge in [-0.25, -0.2) is 0 Å². The van der Waals surface area contributed by atoms with Crippen molar-refractivity contribution in [1.29, 1.82) is 0 Å². The average molecular weight is 337 g/mol. The third-order valence-corrected chi connectivity index (χ3v) is 6.13. The zero-order chi connectivity index (χ0) is 17.8. The first kappa shape index (κ1) is 15.5. The molecular formula is C25H23N. The third-order valence-electron chi connectivity index (χ3n) is 6.13. The molecule has 1 atom stereocenters. The molecule has 0 spiro atoms. The van der Waals surface area contributed by atoms with Gasteiger partial charge in [-0.2, -0.15) is 0 Å². The Bertz CT molecular complexity index is 1190. The van der Waals surface area contributed by atoms with Crippen molar-refractivity contribution in [3.63, 3.8) is 0 Å². The number of fused-ring (bicyclic) bond motifs is 3. The Balaban J connectivity index is 1.69. The summed E-state index contributed by atoms with van der Waals surface area (Å²) in [6.45, 7) is 6.88. The second-order valence-electron chi connectivity index (χ2n) is 7.65. The maximum absolute atomic E-state index is 3.43. The molecule has 0 radical (unpaired) electrons. The Hall–Kier alpha value is -2.80. The van der Waals surface area contributed by atoms with Gasteiger partial charge in [0, 0.05) is 23.0 Å². The monoisotopic (exact) mass is 337 g/mol. The number of nitrogens with one attached hydrogen (secondary N) is 1. The number of aryl methyl sites for hydroxylation is 2. The van der Waals surface area contributed by atoms with Gasteiger partial charge in [0.1, 0.15) is 0 Å². The molecule has 128 valence electrons. The standard InChI is InChI=1S/C25H23N/c1-15-11-22-17(3)21-9-6-10-26-24(21)14-23(22)25(15)16(2)20-12-18-7-4-5-8-19(18)13-20/h4-12,14,16,26H,13H2,1-3H3/t16-/m1/s1. The van der Waals surface area contributed by atoms with E-state index in [1.54, 1.807) is 0 Å². The third kappa shape index (κ3) is 2.17. The Morgan fingerprint density at radius 3 is 2.62 bits per heavy atom. The summed E-state index contributed by atoms with van der Waals surface area (Å²) in [7, 11) is 0. The highest BCUT2D eigenvalue weighted by Crippen LogP contribution is 2.41. The Labute approximate surface area is 154 Å². The van der Waals surface area contributed by atoms with Crippen LogP contribution in [0.5, 0.6) is 0 Å². The number of H-pyrrole nitrogens is 1. The van der Waals surface area contributed by atoms with Crippen LogP contribution in [0.1, 0.15) is 40.7 Å². The van der Waals surface area contributed by atoms with Crippen molar-refractivity contribution in [3.8, 4) is 0 Å². The molecule has 5 rings (SSSR count). The van der Waals surface area contributed by atoms with Crippen molar-refractivity contribution in [3.05, 3.63) is 88.1 Å². The van der Waals surface area contributed by atoms with E-state index in [1.807, 2.05) is 6.20 Å². The van der Waals surface area contributed by atoms with Crippen molar-refractivity contribution in [1.82, 2.24) is 4.98 Å². The van der Waals surface area contributed by atoms with E-state index in [-0.39, 0.29) is 0 Å². The van der Waals surface area contributed by atoms with Gasteiger partial charge in [-0.3, -0.25) is 0 Å². The van der Waals surface area contributed by atoms with E-state index in [2.05, 4.69) is 80.4 Å². The van der Waals surface area contributed by atoms with Crippen LogP contribution in [0.25, 0.3) is 27.8 Å². The molecule has 0 fully saturated rings. The fourth-order valence-electron chi connectivity index (χ4n) is 4.73. The van der Waals surface area contributed by atoms with Crippen LogP contribution in [-0.4, -0.2) is 4.98 Å². The minimum atomic E-state index is 0.431. The van der Waals surface area contributed by atoms with Crippen LogP contribution >= 0.6 is 0 Å². The van der Waals surface area contributed by atoms with Crippen LogP contribution in [0.15, 0.2) is 60.3 Å². The van der Waals surface area contributed by atoms with Crippen molar-refractivity contribution >= 4 is 27.8 Å². The maximum Gasteiger partial charge on any atom is 0.0462 e. The molecular weight excluding hydrogens is 314 g/mol. The second kappa shape index (κ2) is 5.60. The molecule has 4 aromatic rings. The highest BCUT2D eigenvalue weighted by Gasteiger charge is 2.23. The number of pyridine rings is 1. The molecule has 1 heteroatoms. The summed E-state index contributed by atoms with van der Waals surface area (Å²) in [6.07, 6.45) is 5.49.